The Kier molecular flexibility index (Phi) is 5.71. The van der Waals surface area contributed by atoms with Gasteiger partial charge >= 0.3 is 5.97 Å². The standard InChI is InChI=1S/C20H18FNO5/c1-13(27-19(23)8-6-14-3-2-4-16(21)9-14)20(24)22-11-15-5-7-17-18(10-15)26-12-25-17/h2-10,13H,11-12H2,1H3,(H,22,24)/b8-6+/t13-/m1/s1. The maximum atomic E-state index is 13.1. The number of nitrogens with one attached hydrogen (secondary N) is 1. The van der Waals surface area contributed by atoms with Gasteiger partial charge in [-0.3, -0.25) is 4.79 Å². The zero-order chi connectivity index (χ0) is 19.2. The van der Waals surface area contributed by atoms with Crippen LogP contribution in [0.25, 0.3) is 6.08 Å². The smallest absolute Gasteiger partial charge is 0.331 e. The molecule has 1 amide bonds. The highest BCUT2D eigenvalue weighted by Gasteiger charge is 2.17. The summed E-state index contributed by atoms with van der Waals surface area (Å²) in [7, 11) is 0. The second-order valence-electron chi connectivity index (χ2n) is 5.87. The van der Waals surface area contributed by atoms with E-state index >= 15 is 0 Å². The van der Waals surface area contributed by atoms with Crippen molar-refractivity contribution in [2.45, 2.75) is 19.6 Å². The molecule has 1 N–H and O–H groups in total. The van der Waals surface area contributed by atoms with Crippen LogP contribution >= 0.6 is 0 Å². The van der Waals surface area contributed by atoms with E-state index in [4.69, 9.17) is 14.2 Å². The molecule has 0 aliphatic carbocycles. The van der Waals surface area contributed by atoms with Crippen molar-refractivity contribution >= 4 is 18.0 Å². The molecule has 2 aromatic rings. The summed E-state index contributed by atoms with van der Waals surface area (Å²) in [5, 5.41) is 2.69. The number of carbonyl (C=O) groups is 2. The molecule has 140 valence electrons. The highest BCUT2D eigenvalue weighted by Crippen LogP contribution is 2.32. The van der Waals surface area contributed by atoms with Crippen molar-refractivity contribution in [2.75, 3.05) is 6.79 Å². The lowest BCUT2D eigenvalue weighted by Crippen LogP contribution is -2.35. The largest absolute Gasteiger partial charge is 0.454 e. The molecule has 6 nitrogen and oxygen atoms in total. The van der Waals surface area contributed by atoms with Crippen LogP contribution < -0.4 is 14.8 Å². The minimum Gasteiger partial charge on any atom is -0.454 e. The maximum absolute atomic E-state index is 13.1. The third-order valence-corrected chi connectivity index (χ3v) is 3.83. The summed E-state index contributed by atoms with van der Waals surface area (Å²) >= 11 is 0. The van der Waals surface area contributed by atoms with Crippen LogP contribution in [0.2, 0.25) is 0 Å². The number of esters is 1. The first kappa shape index (κ1) is 18.4. The minimum atomic E-state index is -0.969. The number of benzene rings is 2. The van der Waals surface area contributed by atoms with Crippen LogP contribution in [0.1, 0.15) is 18.1 Å². The number of hydrogen-bond donors (Lipinski definition) is 1. The molecule has 0 spiro atoms. The highest BCUT2D eigenvalue weighted by molar-refractivity contribution is 5.90. The van der Waals surface area contributed by atoms with E-state index in [2.05, 4.69) is 5.32 Å². The lowest BCUT2D eigenvalue weighted by atomic mass is 10.2. The van der Waals surface area contributed by atoms with Crippen molar-refractivity contribution < 1.29 is 28.2 Å². The summed E-state index contributed by atoms with van der Waals surface area (Å²) in [4.78, 5) is 23.9. The molecule has 0 saturated carbocycles. The number of ether oxygens (including phenoxy) is 3. The Balaban J connectivity index is 1.47. The summed E-state index contributed by atoms with van der Waals surface area (Å²) in [6, 6.07) is 11.1. The molecule has 1 aliphatic rings. The molecule has 1 atom stereocenters. The predicted octanol–water partition coefficient (Wildman–Crippen LogP) is 2.82. The van der Waals surface area contributed by atoms with Crippen LogP contribution in [0.4, 0.5) is 4.39 Å². The lowest BCUT2D eigenvalue weighted by Gasteiger charge is -2.12. The molecule has 2 aromatic carbocycles. The molecule has 0 fully saturated rings. The molecular formula is C20H18FNO5. The highest BCUT2D eigenvalue weighted by atomic mass is 19.1. The van der Waals surface area contributed by atoms with Gasteiger partial charge in [0.15, 0.2) is 17.6 Å². The molecule has 0 bridgehead atoms. The Bertz CT molecular complexity index is 880. The van der Waals surface area contributed by atoms with Crippen molar-refractivity contribution in [2.24, 2.45) is 0 Å². The Morgan fingerprint density at radius 2 is 2.04 bits per heavy atom. The number of carbonyl (C=O) groups excluding carboxylic acids is 2. The molecule has 0 radical (unpaired) electrons. The zero-order valence-electron chi connectivity index (χ0n) is 14.6. The van der Waals surface area contributed by atoms with Gasteiger partial charge in [-0.15, -0.1) is 0 Å². The van der Waals surface area contributed by atoms with Crippen LogP contribution in [0.15, 0.2) is 48.5 Å². The fraction of sp³-hybridized carbons (Fsp3) is 0.200. The van der Waals surface area contributed by atoms with Crippen molar-refractivity contribution in [1.82, 2.24) is 5.32 Å². The van der Waals surface area contributed by atoms with Gasteiger partial charge in [0.25, 0.3) is 5.91 Å². The zero-order valence-corrected chi connectivity index (χ0v) is 14.6. The van der Waals surface area contributed by atoms with E-state index in [0.29, 0.717) is 17.1 Å². The molecule has 0 saturated heterocycles. The molecule has 1 heterocycles. The van der Waals surface area contributed by atoms with Gasteiger partial charge in [0.05, 0.1) is 0 Å². The van der Waals surface area contributed by atoms with E-state index in [1.165, 1.54) is 31.2 Å². The summed E-state index contributed by atoms with van der Waals surface area (Å²) in [5.74, 6) is -0.229. The topological polar surface area (TPSA) is 73.9 Å². The van der Waals surface area contributed by atoms with Gasteiger partial charge in [-0.2, -0.15) is 0 Å². The molecule has 7 heteroatoms. The molecule has 0 aromatic heterocycles. The van der Waals surface area contributed by atoms with Gasteiger partial charge in [-0.1, -0.05) is 18.2 Å². The Hall–Kier alpha value is -3.35. The summed E-state index contributed by atoms with van der Waals surface area (Å²) in [6.07, 6.45) is 1.60. The van der Waals surface area contributed by atoms with Gasteiger partial charge in [0.1, 0.15) is 5.82 Å². The van der Waals surface area contributed by atoms with Crippen LogP contribution in [0.3, 0.4) is 0 Å². The average Bonchev–Trinajstić information content (AvgIpc) is 3.12. The number of fused-ring (bicyclic) bond motifs is 1. The molecule has 1 aliphatic heterocycles. The van der Waals surface area contributed by atoms with Crippen molar-refractivity contribution in [3.8, 4) is 11.5 Å². The van der Waals surface area contributed by atoms with Gasteiger partial charge in [-0.05, 0) is 48.4 Å². The molecule has 0 unspecified atom stereocenters. The van der Waals surface area contributed by atoms with Gasteiger partial charge < -0.3 is 19.5 Å². The second kappa shape index (κ2) is 8.35. The van der Waals surface area contributed by atoms with Crippen molar-refractivity contribution in [3.63, 3.8) is 0 Å². The molecule has 3 rings (SSSR count). The van der Waals surface area contributed by atoms with Gasteiger partial charge in [-0.25, -0.2) is 9.18 Å². The number of rotatable bonds is 6. The molecule has 27 heavy (non-hydrogen) atoms. The first-order valence-corrected chi connectivity index (χ1v) is 8.32. The van der Waals surface area contributed by atoms with Crippen LogP contribution in [-0.2, 0) is 20.9 Å². The summed E-state index contributed by atoms with van der Waals surface area (Å²) in [6.45, 7) is 1.92. The van der Waals surface area contributed by atoms with Crippen molar-refractivity contribution in [1.29, 1.82) is 0 Å². The van der Waals surface area contributed by atoms with Crippen molar-refractivity contribution in [3.05, 3.63) is 65.5 Å². The van der Waals surface area contributed by atoms with Crippen LogP contribution in [0.5, 0.6) is 11.5 Å². The summed E-state index contributed by atoms with van der Waals surface area (Å²) in [5.41, 5.74) is 1.35. The average molecular weight is 371 g/mol. The Morgan fingerprint density at radius 1 is 1.22 bits per heavy atom. The Morgan fingerprint density at radius 3 is 2.85 bits per heavy atom. The Labute approximate surface area is 155 Å². The van der Waals surface area contributed by atoms with Crippen LogP contribution in [-0.4, -0.2) is 24.8 Å². The predicted molar refractivity (Wildman–Crippen MR) is 95.4 cm³/mol. The monoisotopic (exact) mass is 371 g/mol. The van der Waals surface area contributed by atoms with E-state index < -0.39 is 23.8 Å². The summed E-state index contributed by atoms with van der Waals surface area (Å²) < 4.78 is 28.6. The number of amides is 1. The van der Waals surface area contributed by atoms with Gasteiger partial charge in [0, 0.05) is 12.6 Å². The fourth-order valence-corrected chi connectivity index (χ4v) is 2.43. The minimum absolute atomic E-state index is 0.182. The fourth-order valence-electron chi connectivity index (χ4n) is 2.43. The third-order valence-electron chi connectivity index (χ3n) is 3.83. The van der Waals surface area contributed by atoms with Crippen LogP contribution in [0, 0.1) is 5.82 Å². The number of hydrogen-bond acceptors (Lipinski definition) is 5. The SMILES string of the molecule is C[C@@H](OC(=O)/C=C/c1cccc(F)c1)C(=O)NCc1ccc2c(c1)OCO2. The van der Waals surface area contributed by atoms with E-state index in [0.717, 1.165) is 11.6 Å². The van der Waals surface area contributed by atoms with Gasteiger partial charge in [0.2, 0.25) is 6.79 Å². The maximum Gasteiger partial charge on any atom is 0.331 e. The van der Waals surface area contributed by atoms with E-state index in [-0.39, 0.29) is 13.3 Å². The van der Waals surface area contributed by atoms with E-state index in [9.17, 15) is 14.0 Å². The molecular weight excluding hydrogens is 353 g/mol. The van der Waals surface area contributed by atoms with E-state index in [1.807, 2.05) is 6.07 Å². The number of halogens is 1. The first-order valence-electron chi connectivity index (χ1n) is 8.32. The van der Waals surface area contributed by atoms with E-state index in [1.54, 1.807) is 18.2 Å². The lowest BCUT2D eigenvalue weighted by molar-refractivity contribution is -0.150. The normalized spacial score (nSPS) is 13.4. The second-order valence-corrected chi connectivity index (χ2v) is 5.87. The third kappa shape index (κ3) is 5.07. The quantitative estimate of drug-likeness (QED) is 0.624. The first-order chi connectivity index (χ1) is 13.0.